The number of anilines is 2. The highest BCUT2D eigenvalue weighted by atomic mass is 16.2. The van der Waals surface area contributed by atoms with Gasteiger partial charge in [-0.15, -0.1) is 0 Å². The number of benzene rings is 1. The van der Waals surface area contributed by atoms with E-state index in [9.17, 15) is 10.1 Å². The van der Waals surface area contributed by atoms with Gasteiger partial charge >= 0.3 is 0 Å². The highest BCUT2D eigenvalue weighted by Crippen LogP contribution is 2.33. The predicted octanol–water partition coefficient (Wildman–Crippen LogP) is 2.96. The molecule has 1 aliphatic heterocycles. The van der Waals surface area contributed by atoms with Gasteiger partial charge < -0.3 is 11.1 Å². The van der Waals surface area contributed by atoms with E-state index in [0.717, 1.165) is 19.3 Å². The van der Waals surface area contributed by atoms with Crippen molar-refractivity contribution in [3.63, 3.8) is 0 Å². The summed E-state index contributed by atoms with van der Waals surface area (Å²) in [5, 5.41) is 12.3. The number of nitriles is 1. The number of nitrogens with two attached hydrogens (primary N) is 1. The van der Waals surface area contributed by atoms with Gasteiger partial charge in [-0.1, -0.05) is 20.8 Å². The monoisotopic (exact) mass is 300 g/mol. The van der Waals surface area contributed by atoms with Crippen molar-refractivity contribution in [1.29, 1.82) is 5.26 Å². The van der Waals surface area contributed by atoms with E-state index >= 15 is 0 Å². The topological polar surface area (TPSA) is 82.2 Å². The standard InChI is InChI=1S/C17H24N4O/c1-17(2,3)10-14-8-9-15(21(14)11-18)16(22)20-13-6-4-12(19)5-7-13/h4-7,14-15H,8-10,19H2,1-3H3,(H,20,22). The van der Waals surface area contributed by atoms with Crippen LogP contribution in [-0.4, -0.2) is 22.9 Å². The van der Waals surface area contributed by atoms with Gasteiger partial charge in [0, 0.05) is 17.4 Å². The molecule has 1 heterocycles. The molecule has 0 saturated carbocycles. The summed E-state index contributed by atoms with van der Waals surface area (Å²) in [4.78, 5) is 14.1. The molecule has 5 heteroatoms. The predicted molar refractivity (Wildman–Crippen MR) is 87.8 cm³/mol. The fraction of sp³-hybridized carbons (Fsp3) is 0.529. The molecule has 2 rings (SSSR count). The molecule has 1 aliphatic rings. The molecule has 0 aromatic heterocycles. The first kappa shape index (κ1) is 16.2. The van der Waals surface area contributed by atoms with E-state index in [2.05, 4.69) is 32.3 Å². The number of nitrogens with zero attached hydrogens (tertiary/aromatic N) is 2. The van der Waals surface area contributed by atoms with Gasteiger partial charge in [-0.2, -0.15) is 5.26 Å². The van der Waals surface area contributed by atoms with Crippen LogP contribution in [0.15, 0.2) is 24.3 Å². The number of carbonyl (C=O) groups excluding carboxylic acids is 1. The molecule has 1 amide bonds. The Labute approximate surface area is 132 Å². The number of carbonyl (C=O) groups is 1. The van der Waals surface area contributed by atoms with Gasteiger partial charge in [0.1, 0.15) is 6.04 Å². The van der Waals surface area contributed by atoms with Crippen LogP contribution in [0.4, 0.5) is 11.4 Å². The lowest BCUT2D eigenvalue weighted by molar-refractivity contribution is -0.119. The number of amides is 1. The summed E-state index contributed by atoms with van der Waals surface area (Å²) in [7, 11) is 0. The molecule has 1 fully saturated rings. The van der Waals surface area contributed by atoms with E-state index in [1.165, 1.54) is 0 Å². The number of nitrogen functional groups attached to an aromatic ring is 1. The molecule has 2 atom stereocenters. The maximum atomic E-state index is 12.4. The lowest BCUT2D eigenvalue weighted by atomic mass is 9.87. The van der Waals surface area contributed by atoms with Crippen molar-refractivity contribution in [2.24, 2.45) is 5.41 Å². The zero-order chi connectivity index (χ0) is 16.3. The second-order valence-electron chi connectivity index (χ2n) is 7.13. The highest BCUT2D eigenvalue weighted by Gasteiger charge is 2.38. The van der Waals surface area contributed by atoms with E-state index in [-0.39, 0.29) is 23.4 Å². The normalized spacial score (nSPS) is 21.5. The van der Waals surface area contributed by atoms with Crippen LogP contribution >= 0.6 is 0 Å². The van der Waals surface area contributed by atoms with Crippen molar-refractivity contribution < 1.29 is 4.79 Å². The summed E-state index contributed by atoms with van der Waals surface area (Å²) < 4.78 is 0. The van der Waals surface area contributed by atoms with Crippen molar-refractivity contribution in [1.82, 2.24) is 4.90 Å². The molecule has 1 aromatic carbocycles. The Morgan fingerprint density at radius 2 is 2.00 bits per heavy atom. The molecule has 0 radical (unpaired) electrons. The molecule has 3 N–H and O–H groups in total. The highest BCUT2D eigenvalue weighted by molar-refractivity contribution is 5.95. The summed E-state index contributed by atoms with van der Waals surface area (Å²) in [6.07, 6.45) is 4.72. The Kier molecular flexibility index (Phi) is 4.60. The Bertz CT molecular complexity index is 568. The number of hydrogen-bond donors (Lipinski definition) is 2. The molecule has 0 spiro atoms. The zero-order valence-electron chi connectivity index (χ0n) is 13.5. The quantitative estimate of drug-likeness (QED) is 0.664. The van der Waals surface area contributed by atoms with Gasteiger partial charge in [0.15, 0.2) is 6.19 Å². The van der Waals surface area contributed by atoms with E-state index in [1.54, 1.807) is 29.2 Å². The molecular weight excluding hydrogens is 276 g/mol. The minimum atomic E-state index is -0.380. The smallest absolute Gasteiger partial charge is 0.247 e. The molecular formula is C17H24N4O. The second kappa shape index (κ2) is 6.27. The molecule has 118 valence electrons. The fourth-order valence-corrected chi connectivity index (χ4v) is 2.99. The van der Waals surface area contributed by atoms with E-state index in [1.807, 2.05) is 0 Å². The molecule has 22 heavy (non-hydrogen) atoms. The van der Waals surface area contributed by atoms with Crippen LogP contribution in [0.1, 0.15) is 40.0 Å². The molecule has 1 aromatic rings. The average molecular weight is 300 g/mol. The van der Waals surface area contributed by atoms with Crippen molar-refractivity contribution in [3.05, 3.63) is 24.3 Å². The Balaban J connectivity index is 2.04. The molecule has 0 bridgehead atoms. The SMILES string of the molecule is CC(C)(C)CC1CCC(C(=O)Nc2ccc(N)cc2)N1C#N. The largest absolute Gasteiger partial charge is 0.399 e. The van der Waals surface area contributed by atoms with E-state index < -0.39 is 0 Å². The molecule has 2 unspecified atom stereocenters. The second-order valence-corrected chi connectivity index (χ2v) is 7.13. The first-order chi connectivity index (χ1) is 10.3. The zero-order valence-corrected chi connectivity index (χ0v) is 13.5. The van der Waals surface area contributed by atoms with Crippen LogP contribution in [0.5, 0.6) is 0 Å². The van der Waals surface area contributed by atoms with E-state index in [4.69, 9.17) is 5.73 Å². The van der Waals surface area contributed by atoms with Gasteiger partial charge in [0.05, 0.1) is 0 Å². The van der Waals surface area contributed by atoms with Crippen molar-refractivity contribution >= 4 is 17.3 Å². The van der Waals surface area contributed by atoms with Crippen LogP contribution in [0.25, 0.3) is 0 Å². The van der Waals surface area contributed by atoms with Gasteiger partial charge in [0.2, 0.25) is 5.91 Å². The van der Waals surface area contributed by atoms with Gasteiger partial charge in [0.25, 0.3) is 0 Å². The van der Waals surface area contributed by atoms with Crippen LogP contribution < -0.4 is 11.1 Å². The number of rotatable bonds is 3. The Morgan fingerprint density at radius 1 is 1.36 bits per heavy atom. The molecule has 1 saturated heterocycles. The van der Waals surface area contributed by atoms with Crippen LogP contribution in [0, 0.1) is 16.9 Å². The van der Waals surface area contributed by atoms with E-state index in [0.29, 0.717) is 11.4 Å². The number of nitrogens with one attached hydrogen (secondary N) is 1. The minimum Gasteiger partial charge on any atom is -0.399 e. The summed E-state index contributed by atoms with van der Waals surface area (Å²) >= 11 is 0. The third-order valence-corrected chi connectivity index (χ3v) is 3.95. The van der Waals surface area contributed by atoms with Crippen molar-refractivity contribution in [2.45, 2.75) is 52.1 Å². The van der Waals surface area contributed by atoms with Gasteiger partial charge in [-0.25, -0.2) is 0 Å². The number of hydrogen-bond acceptors (Lipinski definition) is 4. The maximum absolute atomic E-state index is 12.4. The summed E-state index contributed by atoms with van der Waals surface area (Å²) in [5.41, 5.74) is 7.14. The lowest BCUT2D eigenvalue weighted by Crippen LogP contribution is -2.41. The Hall–Kier alpha value is -2.22. The van der Waals surface area contributed by atoms with Crippen LogP contribution in [0.3, 0.4) is 0 Å². The van der Waals surface area contributed by atoms with Gasteiger partial charge in [-0.05, 0) is 48.9 Å². The molecule has 0 aliphatic carbocycles. The minimum absolute atomic E-state index is 0.122. The summed E-state index contributed by atoms with van der Waals surface area (Å²) in [5.74, 6) is -0.122. The third kappa shape index (κ3) is 3.91. The maximum Gasteiger partial charge on any atom is 0.247 e. The van der Waals surface area contributed by atoms with Crippen LogP contribution in [-0.2, 0) is 4.79 Å². The summed E-state index contributed by atoms with van der Waals surface area (Å²) in [6, 6.07) is 6.79. The van der Waals surface area contributed by atoms with Crippen molar-refractivity contribution in [3.8, 4) is 6.19 Å². The summed E-state index contributed by atoms with van der Waals surface area (Å²) in [6.45, 7) is 6.47. The molecule has 5 nitrogen and oxygen atoms in total. The third-order valence-electron chi connectivity index (χ3n) is 3.95. The Morgan fingerprint density at radius 3 is 2.55 bits per heavy atom. The first-order valence-electron chi connectivity index (χ1n) is 7.64. The lowest BCUT2D eigenvalue weighted by Gasteiger charge is -2.29. The van der Waals surface area contributed by atoms with Crippen LogP contribution in [0.2, 0.25) is 0 Å². The fourth-order valence-electron chi connectivity index (χ4n) is 2.99. The first-order valence-corrected chi connectivity index (χ1v) is 7.64. The van der Waals surface area contributed by atoms with Gasteiger partial charge in [-0.3, -0.25) is 9.69 Å². The average Bonchev–Trinajstić information content (AvgIpc) is 2.82. The van der Waals surface area contributed by atoms with Crippen molar-refractivity contribution in [2.75, 3.05) is 11.1 Å². The number of likely N-dealkylation sites (tertiary alicyclic amines) is 1.